The summed E-state index contributed by atoms with van der Waals surface area (Å²) < 4.78 is 5.83. The number of amides is 2. The number of pyridine rings is 1. The first-order valence-corrected chi connectivity index (χ1v) is 9.89. The molecule has 0 spiro atoms. The van der Waals surface area contributed by atoms with Gasteiger partial charge in [0, 0.05) is 25.4 Å². The number of ether oxygens (including phenoxy) is 1. The van der Waals surface area contributed by atoms with Crippen LogP contribution in [0, 0.1) is 6.92 Å². The predicted octanol–water partition coefficient (Wildman–Crippen LogP) is 3.79. The van der Waals surface area contributed by atoms with E-state index < -0.39 is 5.91 Å². The fourth-order valence-electron chi connectivity index (χ4n) is 2.87. The third kappa shape index (κ3) is 4.62. The van der Waals surface area contributed by atoms with E-state index in [9.17, 15) is 9.59 Å². The molecule has 2 N–H and O–H groups in total. The van der Waals surface area contributed by atoms with Crippen LogP contribution in [-0.4, -0.2) is 39.0 Å². The Morgan fingerprint density at radius 3 is 2.53 bits per heavy atom. The van der Waals surface area contributed by atoms with E-state index in [1.807, 2.05) is 6.92 Å². The van der Waals surface area contributed by atoms with Gasteiger partial charge in [-0.2, -0.15) is 0 Å². The standard InChI is InChI=1S/C22H17ClN6O3/c1-12-3-5-15(16(23)9-12)20(30)27-22-26-18-10-13(4-6-17(18)28-29-22)32-14-7-8-25-19(11-14)21(31)24-2/h3-11H,1-2H3,(H,24,31)(H,26,27,29,30). The number of carbonyl (C=O) groups excluding carboxylic acids is 2. The summed E-state index contributed by atoms with van der Waals surface area (Å²) in [5.41, 5.74) is 2.46. The molecule has 2 aromatic carbocycles. The number of rotatable bonds is 5. The number of nitrogens with zero attached hydrogens (tertiary/aromatic N) is 4. The summed E-state index contributed by atoms with van der Waals surface area (Å²) in [5, 5.41) is 13.5. The van der Waals surface area contributed by atoms with Gasteiger partial charge in [0.1, 0.15) is 22.7 Å². The average molecular weight is 449 g/mol. The number of hydrogen-bond acceptors (Lipinski definition) is 7. The van der Waals surface area contributed by atoms with Gasteiger partial charge in [0.25, 0.3) is 11.8 Å². The Morgan fingerprint density at radius 2 is 1.75 bits per heavy atom. The van der Waals surface area contributed by atoms with Crippen molar-refractivity contribution >= 4 is 40.4 Å². The number of fused-ring (bicyclic) bond motifs is 1. The number of nitrogens with one attached hydrogen (secondary N) is 2. The lowest BCUT2D eigenvalue weighted by Crippen LogP contribution is -2.18. The molecule has 2 heterocycles. The molecule has 0 saturated carbocycles. The van der Waals surface area contributed by atoms with E-state index in [0.717, 1.165) is 5.56 Å². The predicted molar refractivity (Wildman–Crippen MR) is 119 cm³/mol. The van der Waals surface area contributed by atoms with Gasteiger partial charge in [-0.25, -0.2) is 4.98 Å². The number of aromatic nitrogens is 4. The van der Waals surface area contributed by atoms with Crippen molar-refractivity contribution in [2.45, 2.75) is 6.92 Å². The summed E-state index contributed by atoms with van der Waals surface area (Å²) in [6, 6.07) is 13.3. The molecule has 160 valence electrons. The molecule has 0 aliphatic heterocycles. The van der Waals surface area contributed by atoms with Gasteiger partial charge < -0.3 is 10.1 Å². The molecule has 0 fully saturated rings. The molecule has 10 heteroatoms. The summed E-state index contributed by atoms with van der Waals surface area (Å²) in [4.78, 5) is 32.6. The molecule has 0 saturated heterocycles. The molecule has 0 radical (unpaired) electrons. The molecule has 0 unspecified atom stereocenters. The molecule has 0 atom stereocenters. The molecule has 32 heavy (non-hydrogen) atoms. The monoisotopic (exact) mass is 448 g/mol. The van der Waals surface area contributed by atoms with Crippen molar-refractivity contribution in [1.82, 2.24) is 25.5 Å². The van der Waals surface area contributed by atoms with Crippen molar-refractivity contribution in [3.63, 3.8) is 0 Å². The minimum Gasteiger partial charge on any atom is -0.457 e. The minimum atomic E-state index is -0.443. The highest BCUT2D eigenvalue weighted by molar-refractivity contribution is 6.34. The van der Waals surface area contributed by atoms with E-state index in [1.165, 1.54) is 19.3 Å². The number of benzene rings is 2. The highest BCUT2D eigenvalue weighted by atomic mass is 35.5. The number of halogens is 1. The van der Waals surface area contributed by atoms with Crippen LogP contribution < -0.4 is 15.4 Å². The largest absolute Gasteiger partial charge is 0.457 e. The van der Waals surface area contributed by atoms with Gasteiger partial charge >= 0.3 is 0 Å². The van der Waals surface area contributed by atoms with Crippen molar-refractivity contribution in [2.75, 3.05) is 12.4 Å². The minimum absolute atomic E-state index is 0.0297. The number of carbonyl (C=O) groups is 2. The Kier molecular flexibility index (Phi) is 5.91. The van der Waals surface area contributed by atoms with Crippen LogP contribution in [0.2, 0.25) is 5.02 Å². The average Bonchev–Trinajstić information content (AvgIpc) is 2.78. The maximum atomic E-state index is 12.5. The topological polar surface area (TPSA) is 119 Å². The van der Waals surface area contributed by atoms with Crippen LogP contribution >= 0.6 is 11.6 Å². The maximum Gasteiger partial charge on any atom is 0.269 e. The molecule has 4 rings (SSSR count). The Hall–Kier alpha value is -4.11. The van der Waals surface area contributed by atoms with E-state index in [0.29, 0.717) is 33.1 Å². The molecule has 9 nitrogen and oxygen atoms in total. The summed E-state index contributed by atoms with van der Waals surface area (Å²) in [6.07, 6.45) is 1.48. The number of anilines is 1. The summed E-state index contributed by atoms with van der Waals surface area (Å²) in [7, 11) is 1.52. The van der Waals surface area contributed by atoms with Gasteiger partial charge in [-0.1, -0.05) is 17.7 Å². The molecule has 0 aliphatic carbocycles. The molecule has 4 aromatic rings. The van der Waals surface area contributed by atoms with Gasteiger partial charge in [-0.05, 0) is 42.8 Å². The van der Waals surface area contributed by atoms with Crippen LogP contribution in [0.4, 0.5) is 5.95 Å². The van der Waals surface area contributed by atoms with Gasteiger partial charge in [0.15, 0.2) is 0 Å². The lowest BCUT2D eigenvalue weighted by atomic mass is 10.1. The van der Waals surface area contributed by atoms with Crippen LogP contribution in [0.25, 0.3) is 11.0 Å². The first kappa shape index (κ1) is 21.1. The van der Waals surface area contributed by atoms with Crippen LogP contribution in [0.15, 0.2) is 54.7 Å². The van der Waals surface area contributed by atoms with Crippen molar-refractivity contribution in [1.29, 1.82) is 0 Å². The van der Waals surface area contributed by atoms with E-state index in [4.69, 9.17) is 16.3 Å². The Morgan fingerprint density at radius 1 is 0.938 bits per heavy atom. The van der Waals surface area contributed by atoms with Gasteiger partial charge in [0.2, 0.25) is 5.95 Å². The zero-order valence-corrected chi connectivity index (χ0v) is 17.8. The fourth-order valence-corrected chi connectivity index (χ4v) is 3.19. The second-order valence-corrected chi connectivity index (χ2v) is 7.19. The van der Waals surface area contributed by atoms with Crippen molar-refractivity contribution < 1.29 is 14.3 Å². The van der Waals surface area contributed by atoms with E-state index in [1.54, 1.807) is 42.5 Å². The fraction of sp³-hybridized carbons (Fsp3) is 0.0909. The molecular formula is C22H17ClN6O3. The first-order chi connectivity index (χ1) is 15.4. The van der Waals surface area contributed by atoms with Gasteiger partial charge in [-0.15, -0.1) is 10.2 Å². The van der Waals surface area contributed by atoms with Crippen molar-refractivity contribution in [2.24, 2.45) is 0 Å². The molecule has 2 amide bonds. The second-order valence-electron chi connectivity index (χ2n) is 6.78. The third-order valence-electron chi connectivity index (χ3n) is 4.45. The third-order valence-corrected chi connectivity index (χ3v) is 4.76. The maximum absolute atomic E-state index is 12.5. The normalized spacial score (nSPS) is 10.6. The number of hydrogen-bond donors (Lipinski definition) is 2. The first-order valence-electron chi connectivity index (χ1n) is 9.51. The lowest BCUT2D eigenvalue weighted by molar-refractivity contribution is 0.0957. The lowest BCUT2D eigenvalue weighted by Gasteiger charge is -2.08. The smallest absolute Gasteiger partial charge is 0.269 e. The summed E-state index contributed by atoms with van der Waals surface area (Å²) >= 11 is 6.16. The second kappa shape index (κ2) is 8.94. The van der Waals surface area contributed by atoms with Gasteiger partial charge in [-0.3, -0.25) is 19.9 Å². The quantitative estimate of drug-likeness (QED) is 0.476. The SMILES string of the molecule is CNC(=O)c1cc(Oc2ccc3nnc(NC(=O)c4ccc(C)cc4Cl)nc3c2)ccn1. The zero-order valence-electron chi connectivity index (χ0n) is 17.1. The highest BCUT2D eigenvalue weighted by Crippen LogP contribution is 2.25. The van der Waals surface area contributed by atoms with E-state index >= 15 is 0 Å². The Labute approximate surface area is 187 Å². The van der Waals surface area contributed by atoms with Gasteiger partial charge in [0.05, 0.1) is 16.1 Å². The van der Waals surface area contributed by atoms with Crippen molar-refractivity contribution in [3.05, 3.63) is 76.6 Å². The molecule has 2 aromatic heterocycles. The number of aryl methyl sites for hydroxylation is 1. The van der Waals surface area contributed by atoms with E-state index in [-0.39, 0.29) is 17.5 Å². The Balaban J connectivity index is 1.56. The van der Waals surface area contributed by atoms with Crippen LogP contribution in [-0.2, 0) is 0 Å². The summed E-state index contributed by atoms with van der Waals surface area (Å²) in [5.74, 6) is 0.164. The highest BCUT2D eigenvalue weighted by Gasteiger charge is 2.13. The zero-order chi connectivity index (χ0) is 22.7. The van der Waals surface area contributed by atoms with Crippen LogP contribution in [0.3, 0.4) is 0 Å². The van der Waals surface area contributed by atoms with Crippen LogP contribution in [0.1, 0.15) is 26.4 Å². The molecular weight excluding hydrogens is 432 g/mol. The van der Waals surface area contributed by atoms with Crippen LogP contribution in [0.5, 0.6) is 11.5 Å². The summed E-state index contributed by atoms with van der Waals surface area (Å²) in [6.45, 7) is 1.88. The van der Waals surface area contributed by atoms with Crippen molar-refractivity contribution in [3.8, 4) is 11.5 Å². The van der Waals surface area contributed by atoms with E-state index in [2.05, 4.69) is 30.8 Å². The Bertz CT molecular complexity index is 1340. The molecule has 0 aliphatic rings. The molecule has 0 bridgehead atoms.